The van der Waals surface area contributed by atoms with Crippen LogP contribution >= 0.6 is 0 Å². The van der Waals surface area contributed by atoms with E-state index in [1.54, 1.807) is 24.5 Å². The van der Waals surface area contributed by atoms with Crippen LogP contribution in [-0.2, 0) is 21.2 Å². The standard InChI is InChI=1S/C20H21FN4O3S/c1-13(2)15-11-23-25(12-15)18-8-7-16(10-19(18)29(22,27)28)24-20(26)9-14-5-3-4-6-17(14)21/h3-8,10-13H,9H2,1-2H3,(H,24,26)(H2,22,27,28). The molecule has 1 heterocycles. The number of nitrogens with one attached hydrogen (secondary N) is 1. The molecule has 3 N–H and O–H groups in total. The molecule has 0 radical (unpaired) electrons. The van der Waals surface area contributed by atoms with Crippen LogP contribution in [0.1, 0.15) is 30.9 Å². The zero-order valence-corrected chi connectivity index (χ0v) is 16.8. The Morgan fingerprint density at radius 3 is 2.59 bits per heavy atom. The highest BCUT2D eigenvalue weighted by molar-refractivity contribution is 7.89. The molecule has 0 saturated heterocycles. The molecule has 1 amide bonds. The van der Waals surface area contributed by atoms with Crippen molar-refractivity contribution >= 4 is 21.6 Å². The van der Waals surface area contributed by atoms with Crippen LogP contribution in [-0.4, -0.2) is 24.1 Å². The van der Waals surface area contributed by atoms with Crippen LogP contribution in [0.25, 0.3) is 5.69 Å². The quantitative estimate of drug-likeness (QED) is 0.644. The van der Waals surface area contributed by atoms with E-state index in [9.17, 15) is 17.6 Å². The normalized spacial score (nSPS) is 11.6. The van der Waals surface area contributed by atoms with Gasteiger partial charge in [0, 0.05) is 11.9 Å². The zero-order chi connectivity index (χ0) is 21.2. The predicted molar refractivity (Wildman–Crippen MR) is 108 cm³/mol. The van der Waals surface area contributed by atoms with Gasteiger partial charge >= 0.3 is 0 Å². The third-order valence-corrected chi connectivity index (χ3v) is 5.32. The Labute approximate surface area is 168 Å². The number of aromatic nitrogens is 2. The minimum Gasteiger partial charge on any atom is -0.326 e. The molecule has 152 valence electrons. The van der Waals surface area contributed by atoms with Crippen molar-refractivity contribution in [1.29, 1.82) is 0 Å². The number of rotatable bonds is 6. The van der Waals surface area contributed by atoms with Gasteiger partial charge in [-0.05, 0) is 41.3 Å². The lowest BCUT2D eigenvalue weighted by Gasteiger charge is -2.12. The van der Waals surface area contributed by atoms with Gasteiger partial charge < -0.3 is 5.32 Å². The lowest BCUT2D eigenvalue weighted by molar-refractivity contribution is -0.115. The molecule has 1 aromatic heterocycles. The van der Waals surface area contributed by atoms with Crippen molar-refractivity contribution in [2.24, 2.45) is 5.14 Å². The molecule has 3 aromatic rings. The maximum Gasteiger partial charge on any atom is 0.240 e. The number of hydrogen-bond donors (Lipinski definition) is 2. The summed E-state index contributed by atoms with van der Waals surface area (Å²) in [5.41, 5.74) is 1.68. The van der Waals surface area contributed by atoms with Gasteiger partial charge in [0.15, 0.2) is 0 Å². The van der Waals surface area contributed by atoms with Crippen molar-refractivity contribution in [2.45, 2.75) is 31.1 Å². The average Bonchev–Trinajstić information content (AvgIpc) is 3.13. The largest absolute Gasteiger partial charge is 0.326 e. The molecule has 3 rings (SSSR count). The van der Waals surface area contributed by atoms with E-state index in [0.717, 1.165) is 5.56 Å². The van der Waals surface area contributed by atoms with Gasteiger partial charge in [0.2, 0.25) is 15.9 Å². The second-order valence-corrected chi connectivity index (χ2v) is 8.45. The topological polar surface area (TPSA) is 107 Å². The van der Waals surface area contributed by atoms with Crippen molar-refractivity contribution in [2.75, 3.05) is 5.32 Å². The first-order valence-electron chi connectivity index (χ1n) is 8.90. The van der Waals surface area contributed by atoms with E-state index in [0.29, 0.717) is 0 Å². The lowest BCUT2D eigenvalue weighted by Crippen LogP contribution is -2.18. The van der Waals surface area contributed by atoms with Crippen molar-refractivity contribution in [3.8, 4) is 5.69 Å². The first-order chi connectivity index (χ1) is 13.6. The van der Waals surface area contributed by atoms with E-state index in [-0.39, 0.29) is 34.2 Å². The van der Waals surface area contributed by atoms with Crippen LogP contribution in [0.3, 0.4) is 0 Å². The van der Waals surface area contributed by atoms with Crippen LogP contribution in [0.4, 0.5) is 10.1 Å². The Morgan fingerprint density at radius 1 is 1.24 bits per heavy atom. The minimum atomic E-state index is -4.09. The SMILES string of the molecule is CC(C)c1cnn(-c2ccc(NC(=O)Cc3ccccc3F)cc2S(N)(=O)=O)c1. The summed E-state index contributed by atoms with van der Waals surface area (Å²) >= 11 is 0. The second-order valence-electron chi connectivity index (χ2n) is 6.92. The molecule has 0 saturated carbocycles. The average molecular weight is 416 g/mol. The summed E-state index contributed by atoms with van der Waals surface area (Å²) in [5, 5.41) is 12.2. The van der Waals surface area contributed by atoms with Gasteiger partial charge in [-0.15, -0.1) is 0 Å². The number of benzene rings is 2. The minimum absolute atomic E-state index is 0.181. The molecular weight excluding hydrogens is 395 g/mol. The maximum atomic E-state index is 13.7. The summed E-state index contributed by atoms with van der Waals surface area (Å²) in [5.74, 6) is -0.745. The summed E-state index contributed by atoms with van der Waals surface area (Å²) in [6, 6.07) is 10.3. The van der Waals surface area contributed by atoms with Crippen LogP contribution in [0.2, 0.25) is 0 Å². The highest BCUT2D eigenvalue weighted by Crippen LogP contribution is 2.25. The fourth-order valence-corrected chi connectivity index (χ4v) is 3.54. The number of halogens is 1. The second kappa shape index (κ2) is 8.14. The van der Waals surface area contributed by atoms with Crippen LogP contribution in [0.5, 0.6) is 0 Å². The van der Waals surface area contributed by atoms with Crippen LogP contribution < -0.4 is 10.5 Å². The third-order valence-electron chi connectivity index (χ3n) is 4.37. The first kappa shape index (κ1) is 20.7. The summed E-state index contributed by atoms with van der Waals surface area (Å²) in [6.45, 7) is 3.99. The zero-order valence-electron chi connectivity index (χ0n) is 16.0. The number of amides is 1. The first-order valence-corrected chi connectivity index (χ1v) is 10.4. The van der Waals surface area contributed by atoms with Crippen LogP contribution in [0, 0.1) is 5.82 Å². The van der Waals surface area contributed by atoms with Crippen molar-refractivity contribution < 1.29 is 17.6 Å². The van der Waals surface area contributed by atoms with E-state index in [1.807, 2.05) is 13.8 Å². The third kappa shape index (κ3) is 4.87. The molecule has 9 heteroatoms. The van der Waals surface area contributed by atoms with Gasteiger partial charge in [-0.1, -0.05) is 32.0 Å². The maximum absolute atomic E-state index is 13.7. The molecule has 0 aliphatic carbocycles. The van der Waals surface area contributed by atoms with Crippen molar-refractivity contribution in [3.05, 3.63) is 71.8 Å². The van der Waals surface area contributed by atoms with Crippen LogP contribution in [0.15, 0.2) is 59.8 Å². The number of carbonyl (C=O) groups excluding carboxylic acids is 1. The Hall–Kier alpha value is -3.04. The van der Waals surface area contributed by atoms with Gasteiger partial charge in [-0.3, -0.25) is 4.79 Å². The molecule has 0 atom stereocenters. The summed E-state index contributed by atoms with van der Waals surface area (Å²) in [7, 11) is -4.09. The smallest absolute Gasteiger partial charge is 0.240 e. The fraction of sp³-hybridized carbons (Fsp3) is 0.200. The number of sulfonamides is 1. The fourth-order valence-electron chi connectivity index (χ4n) is 2.80. The molecule has 0 unspecified atom stereocenters. The number of anilines is 1. The van der Waals surface area contributed by atoms with E-state index in [1.165, 1.54) is 35.0 Å². The molecule has 2 aromatic carbocycles. The molecule has 0 aliphatic rings. The van der Waals surface area contributed by atoms with E-state index >= 15 is 0 Å². The van der Waals surface area contributed by atoms with Gasteiger partial charge in [-0.2, -0.15) is 5.10 Å². The highest BCUT2D eigenvalue weighted by atomic mass is 32.2. The summed E-state index contributed by atoms with van der Waals surface area (Å²) in [4.78, 5) is 12.1. The van der Waals surface area contributed by atoms with Crippen molar-refractivity contribution in [3.63, 3.8) is 0 Å². The molecule has 7 nitrogen and oxygen atoms in total. The number of hydrogen-bond acceptors (Lipinski definition) is 4. The lowest BCUT2D eigenvalue weighted by atomic mass is 10.1. The molecule has 0 bridgehead atoms. The number of nitrogens with zero attached hydrogens (tertiary/aromatic N) is 2. The van der Waals surface area contributed by atoms with E-state index < -0.39 is 21.7 Å². The number of nitrogens with two attached hydrogens (primary N) is 1. The Morgan fingerprint density at radius 2 is 1.97 bits per heavy atom. The van der Waals surface area contributed by atoms with E-state index in [2.05, 4.69) is 10.4 Å². The van der Waals surface area contributed by atoms with E-state index in [4.69, 9.17) is 5.14 Å². The molecule has 0 aliphatic heterocycles. The Balaban J connectivity index is 1.89. The van der Waals surface area contributed by atoms with Gasteiger partial charge in [0.1, 0.15) is 10.7 Å². The Bertz CT molecular complexity index is 1160. The van der Waals surface area contributed by atoms with Crippen molar-refractivity contribution in [1.82, 2.24) is 9.78 Å². The van der Waals surface area contributed by atoms with Gasteiger partial charge in [0.05, 0.1) is 18.3 Å². The molecule has 0 fully saturated rings. The summed E-state index contributed by atoms with van der Waals surface area (Å²) < 4.78 is 39.4. The number of primary sulfonamides is 1. The predicted octanol–water partition coefficient (Wildman–Crippen LogP) is 2.96. The molecule has 29 heavy (non-hydrogen) atoms. The summed E-state index contributed by atoms with van der Waals surface area (Å²) in [6.07, 6.45) is 3.20. The Kier molecular flexibility index (Phi) is 5.81. The van der Waals surface area contributed by atoms with Gasteiger partial charge in [-0.25, -0.2) is 22.6 Å². The highest BCUT2D eigenvalue weighted by Gasteiger charge is 2.18. The molecule has 0 spiro atoms. The monoisotopic (exact) mass is 416 g/mol. The number of carbonyl (C=O) groups is 1. The molecular formula is C20H21FN4O3S. The van der Waals surface area contributed by atoms with Gasteiger partial charge in [0.25, 0.3) is 0 Å².